The number of carbonyl (C=O) groups excluding carboxylic acids is 1. The summed E-state index contributed by atoms with van der Waals surface area (Å²) in [6, 6.07) is 4.85. The standard InChI is InChI=1S/C12H16BrFN2O.ClH/c13-10-8-9(3-4-11(10)14)5-7-16-12(17)2-1-6-15;/h3-4,8H,1-2,5-7,15H2,(H,16,17);1H. The number of carbonyl (C=O) groups is 1. The zero-order chi connectivity index (χ0) is 12.7. The van der Waals surface area contributed by atoms with E-state index in [0.717, 1.165) is 5.56 Å². The van der Waals surface area contributed by atoms with Crippen molar-refractivity contribution in [1.82, 2.24) is 5.32 Å². The van der Waals surface area contributed by atoms with Crippen LogP contribution in [-0.4, -0.2) is 19.0 Å². The second-order valence-electron chi connectivity index (χ2n) is 3.74. The van der Waals surface area contributed by atoms with Crippen LogP contribution in [0.1, 0.15) is 18.4 Å². The van der Waals surface area contributed by atoms with E-state index in [1.807, 2.05) is 0 Å². The molecule has 0 spiro atoms. The highest BCUT2D eigenvalue weighted by Crippen LogP contribution is 2.16. The van der Waals surface area contributed by atoms with Crippen molar-refractivity contribution >= 4 is 34.2 Å². The van der Waals surface area contributed by atoms with Crippen LogP contribution in [0.3, 0.4) is 0 Å². The fourth-order valence-electron chi connectivity index (χ4n) is 1.39. The van der Waals surface area contributed by atoms with Gasteiger partial charge < -0.3 is 11.1 Å². The third-order valence-electron chi connectivity index (χ3n) is 2.33. The SMILES string of the molecule is Cl.NCCCC(=O)NCCc1ccc(F)c(Br)c1. The lowest BCUT2D eigenvalue weighted by Gasteiger charge is -2.05. The molecule has 6 heteroatoms. The van der Waals surface area contributed by atoms with Gasteiger partial charge in [-0.1, -0.05) is 6.07 Å². The Hall–Kier alpha value is -0.650. The van der Waals surface area contributed by atoms with Gasteiger partial charge >= 0.3 is 0 Å². The Labute approximate surface area is 121 Å². The van der Waals surface area contributed by atoms with E-state index in [1.54, 1.807) is 12.1 Å². The number of nitrogens with one attached hydrogen (secondary N) is 1. The van der Waals surface area contributed by atoms with Crippen LogP contribution in [0.5, 0.6) is 0 Å². The molecule has 0 aromatic heterocycles. The van der Waals surface area contributed by atoms with Gasteiger partial charge in [0.2, 0.25) is 5.91 Å². The van der Waals surface area contributed by atoms with Crippen molar-refractivity contribution in [2.45, 2.75) is 19.3 Å². The van der Waals surface area contributed by atoms with E-state index in [0.29, 0.717) is 36.8 Å². The molecule has 0 saturated carbocycles. The van der Waals surface area contributed by atoms with E-state index in [9.17, 15) is 9.18 Å². The lowest BCUT2D eigenvalue weighted by Crippen LogP contribution is -2.26. The Morgan fingerprint density at radius 3 is 2.78 bits per heavy atom. The van der Waals surface area contributed by atoms with Gasteiger partial charge in [-0.25, -0.2) is 4.39 Å². The van der Waals surface area contributed by atoms with Gasteiger partial charge in [0.05, 0.1) is 4.47 Å². The molecule has 1 rings (SSSR count). The number of benzene rings is 1. The molecule has 0 atom stereocenters. The number of halogens is 3. The molecule has 3 N–H and O–H groups in total. The second-order valence-corrected chi connectivity index (χ2v) is 4.59. The Bertz CT molecular complexity index is 390. The number of rotatable bonds is 6. The predicted octanol–water partition coefficient (Wildman–Crippen LogP) is 2.41. The molecule has 0 aliphatic heterocycles. The van der Waals surface area contributed by atoms with Crippen LogP contribution in [0.2, 0.25) is 0 Å². The topological polar surface area (TPSA) is 55.1 Å². The maximum Gasteiger partial charge on any atom is 0.220 e. The Morgan fingerprint density at radius 2 is 2.17 bits per heavy atom. The molecule has 0 unspecified atom stereocenters. The van der Waals surface area contributed by atoms with Crippen LogP contribution in [0.4, 0.5) is 4.39 Å². The third-order valence-corrected chi connectivity index (χ3v) is 2.94. The lowest BCUT2D eigenvalue weighted by atomic mass is 10.1. The zero-order valence-corrected chi connectivity index (χ0v) is 12.3. The molecule has 0 radical (unpaired) electrons. The molecule has 0 fully saturated rings. The van der Waals surface area contributed by atoms with E-state index in [1.165, 1.54) is 6.07 Å². The summed E-state index contributed by atoms with van der Waals surface area (Å²) in [5.74, 6) is -0.266. The smallest absolute Gasteiger partial charge is 0.220 e. The average Bonchev–Trinajstić information content (AvgIpc) is 2.31. The molecule has 1 aromatic rings. The van der Waals surface area contributed by atoms with Crippen molar-refractivity contribution in [2.75, 3.05) is 13.1 Å². The van der Waals surface area contributed by atoms with Crippen LogP contribution in [-0.2, 0) is 11.2 Å². The van der Waals surface area contributed by atoms with Gasteiger partial charge in [-0.3, -0.25) is 4.79 Å². The quantitative estimate of drug-likeness (QED) is 0.836. The van der Waals surface area contributed by atoms with Crippen molar-refractivity contribution in [3.05, 3.63) is 34.1 Å². The Balaban J connectivity index is 0.00000289. The molecule has 18 heavy (non-hydrogen) atoms. The molecule has 1 aromatic carbocycles. The van der Waals surface area contributed by atoms with Crippen molar-refractivity contribution in [1.29, 1.82) is 0 Å². The predicted molar refractivity (Wildman–Crippen MR) is 76.4 cm³/mol. The Morgan fingerprint density at radius 1 is 1.44 bits per heavy atom. The molecule has 0 aliphatic carbocycles. The van der Waals surface area contributed by atoms with E-state index >= 15 is 0 Å². The van der Waals surface area contributed by atoms with Crippen LogP contribution in [0.25, 0.3) is 0 Å². The van der Waals surface area contributed by atoms with Gasteiger partial charge in [-0.15, -0.1) is 12.4 Å². The largest absolute Gasteiger partial charge is 0.356 e. The Kier molecular flexibility index (Phi) is 8.97. The molecule has 0 saturated heterocycles. The van der Waals surface area contributed by atoms with Crippen molar-refractivity contribution in [3.63, 3.8) is 0 Å². The monoisotopic (exact) mass is 338 g/mol. The molecule has 0 bridgehead atoms. The highest BCUT2D eigenvalue weighted by Gasteiger charge is 2.02. The van der Waals surface area contributed by atoms with E-state index in [2.05, 4.69) is 21.2 Å². The van der Waals surface area contributed by atoms with E-state index in [4.69, 9.17) is 5.73 Å². The van der Waals surface area contributed by atoms with Crippen LogP contribution < -0.4 is 11.1 Å². The average molecular weight is 340 g/mol. The number of amides is 1. The molecule has 0 heterocycles. The third kappa shape index (κ3) is 6.33. The first-order valence-electron chi connectivity index (χ1n) is 5.54. The minimum absolute atomic E-state index is 0. The van der Waals surface area contributed by atoms with Crippen molar-refractivity contribution in [2.24, 2.45) is 5.73 Å². The lowest BCUT2D eigenvalue weighted by molar-refractivity contribution is -0.121. The fourth-order valence-corrected chi connectivity index (χ4v) is 1.82. The molecule has 3 nitrogen and oxygen atoms in total. The van der Waals surface area contributed by atoms with Gasteiger partial charge in [-0.2, -0.15) is 0 Å². The van der Waals surface area contributed by atoms with Gasteiger partial charge in [-0.05, 0) is 53.0 Å². The maximum absolute atomic E-state index is 13.0. The number of hydrogen-bond acceptors (Lipinski definition) is 2. The minimum Gasteiger partial charge on any atom is -0.356 e. The first-order valence-corrected chi connectivity index (χ1v) is 6.33. The first kappa shape index (κ1) is 17.4. The molecule has 102 valence electrons. The van der Waals surface area contributed by atoms with Gasteiger partial charge in [0, 0.05) is 13.0 Å². The summed E-state index contributed by atoms with van der Waals surface area (Å²) in [7, 11) is 0. The minimum atomic E-state index is -0.277. The zero-order valence-electron chi connectivity index (χ0n) is 9.92. The van der Waals surface area contributed by atoms with Gasteiger partial charge in [0.1, 0.15) is 5.82 Å². The molecule has 0 aliphatic rings. The van der Waals surface area contributed by atoms with Crippen LogP contribution in [0, 0.1) is 5.82 Å². The number of hydrogen-bond donors (Lipinski definition) is 2. The van der Waals surface area contributed by atoms with E-state index < -0.39 is 0 Å². The summed E-state index contributed by atoms with van der Waals surface area (Å²) in [5, 5.41) is 2.80. The second kappa shape index (κ2) is 9.30. The highest BCUT2D eigenvalue weighted by atomic mass is 79.9. The van der Waals surface area contributed by atoms with Crippen LogP contribution >= 0.6 is 28.3 Å². The van der Waals surface area contributed by atoms with Gasteiger partial charge in [0.15, 0.2) is 0 Å². The summed E-state index contributed by atoms with van der Waals surface area (Å²) >= 11 is 3.12. The van der Waals surface area contributed by atoms with Crippen molar-refractivity contribution in [3.8, 4) is 0 Å². The molecule has 1 amide bonds. The summed E-state index contributed by atoms with van der Waals surface area (Å²) in [6.45, 7) is 1.08. The highest BCUT2D eigenvalue weighted by molar-refractivity contribution is 9.10. The molecular weight excluding hydrogens is 322 g/mol. The van der Waals surface area contributed by atoms with Gasteiger partial charge in [0.25, 0.3) is 0 Å². The summed E-state index contributed by atoms with van der Waals surface area (Å²) < 4.78 is 13.4. The molecular formula is C12H17BrClFN2O. The normalized spacial score (nSPS) is 9.72. The summed E-state index contributed by atoms with van der Waals surface area (Å²) in [6.07, 6.45) is 1.85. The van der Waals surface area contributed by atoms with Crippen LogP contribution in [0.15, 0.2) is 22.7 Å². The van der Waals surface area contributed by atoms with E-state index in [-0.39, 0.29) is 24.1 Å². The fraction of sp³-hybridized carbons (Fsp3) is 0.417. The maximum atomic E-state index is 13.0. The summed E-state index contributed by atoms with van der Waals surface area (Å²) in [5.41, 5.74) is 6.29. The summed E-state index contributed by atoms with van der Waals surface area (Å²) in [4.78, 5) is 11.3. The number of nitrogens with two attached hydrogens (primary N) is 1. The van der Waals surface area contributed by atoms with Crippen molar-refractivity contribution < 1.29 is 9.18 Å². The first-order chi connectivity index (χ1) is 8.13.